The van der Waals surface area contributed by atoms with E-state index < -0.39 is 0 Å². The Morgan fingerprint density at radius 3 is 3.08 bits per heavy atom. The molecule has 1 atom stereocenters. The zero-order chi connectivity index (χ0) is 8.39. The van der Waals surface area contributed by atoms with Gasteiger partial charge in [-0.3, -0.25) is 0 Å². The van der Waals surface area contributed by atoms with Gasteiger partial charge in [-0.1, -0.05) is 5.16 Å². The van der Waals surface area contributed by atoms with Crippen LogP contribution in [-0.4, -0.2) is 23.2 Å². The van der Waals surface area contributed by atoms with Crippen LogP contribution in [0.4, 0.5) is 0 Å². The third-order valence-electron chi connectivity index (χ3n) is 2.08. The summed E-state index contributed by atoms with van der Waals surface area (Å²) in [5.74, 6) is 1.24. The Bertz CT molecular complexity index is 257. The van der Waals surface area contributed by atoms with Gasteiger partial charge in [-0.25, -0.2) is 0 Å². The minimum Gasteiger partial charge on any atom is -0.327 e. The lowest BCUT2D eigenvalue weighted by Gasteiger charge is -2.19. The van der Waals surface area contributed by atoms with Crippen molar-refractivity contribution in [1.29, 1.82) is 0 Å². The Morgan fingerprint density at radius 1 is 1.58 bits per heavy atom. The van der Waals surface area contributed by atoms with Crippen LogP contribution in [-0.2, 0) is 0 Å². The molecular weight excluding hydrogens is 222 g/mol. The molecule has 1 aromatic heterocycles. The molecule has 1 saturated heterocycles. The van der Waals surface area contributed by atoms with E-state index in [-0.39, 0.29) is 0 Å². The number of hydrogen-bond donors (Lipinski definition) is 1. The van der Waals surface area contributed by atoms with Gasteiger partial charge in [0, 0.05) is 28.4 Å². The first-order chi connectivity index (χ1) is 5.86. The van der Waals surface area contributed by atoms with Crippen molar-refractivity contribution in [1.82, 2.24) is 15.5 Å². The highest BCUT2D eigenvalue weighted by molar-refractivity contribution is 9.10. The highest BCUT2D eigenvalue weighted by Gasteiger charge is 2.19. The van der Waals surface area contributed by atoms with Crippen molar-refractivity contribution in [2.24, 2.45) is 0 Å². The molecule has 0 saturated carbocycles. The summed E-state index contributed by atoms with van der Waals surface area (Å²) in [6, 6.07) is 0. The summed E-state index contributed by atoms with van der Waals surface area (Å²) in [4.78, 5) is 4.61. The molecule has 1 N–H and O–H groups in total. The fourth-order valence-electron chi connectivity index (χ4n) is 1.45. The van der Waals surface area contributed by atoms with E-state index in [1.165, 1.54) is 6.42 Å². The molecule has 2 rings (SSSR count). The zero-order valence-electron chi connectivity index (χ0n) is 6.59. The predicted molar refractivity (Wildman–Crippen MR) is 46.8 cm³/mol. The number of hydrogen-bond acceptors (Lipinski definition) is 4. The van der Waals surface area contributed by atoms with E-state index in [4.69, 9.17) is 4.52 Å². The van der Waals surface area contributed by atoms with E-state index >= 15 is 0 Å². The Morgan fingerprint density at radius 2 is 2.50 bits per heavy atom. The third kappa shape index (κ3) is 1.67. The van der Waals surface area contributed by atoms with Gasteiger partial charge in [0.25, 0.3) is 4.80 Å². The van der Waals surface area contributed by atoms with Gasteiger partial charge in [-0.2, -0.15) is 4.98 Å². The summed E-state index contributed by atoms with van der Waals surface area (Å²) in [6.45, 7) is 2.07. The summed E-state index contributed by atoms with van der Waals surface area (Å²) in [5.41, 5.74) is 0. The number of nitrogens with one attached hydrogen (secondary N) is 1. The smallest absolute Gasteiger partial charge is 0.293 e. The maximum Gasteiger partial charge on any atom is 0.293 e. The molecule has 1 aromatic rings. The molecule has 0 aromatic carbocycles. The highest BCUT2D eigenvalue weighted by atomic mass is 79.9. The molecule has 4 nitrogen and oxygen atoms in total. The van der Waals surface area contributed by atoms with Gasteiger partial charge in [0.15, 0.2) is 5.82 Å². The van der Waals surface area contributed by atoms with E-state index in [1.54, 1.807) is 0 Å². The second-order valence-electron chi connectivity index (χ2n) is 2.95. The van der Waals surface area contributed by atoms with Gasteiger partial charge in [-0.05, 0) is 19.4 Å². The largest absolute Gasteiger partial charge is 0.327 e. The summed E-state index contributed by atoms with van der Waals surface area (Å²) < 4.78 is 4.85. The summed E-state index contributed by atoms with van der Waals surface area (Å²) in [5, 5.41) is 7.17. The quantitative estimate of drug-likeness (QED) is 0.792. The summed E-state index contributed by atoms with van der Waals surface area (Å²) >= 11 is 3.14. The SMILES string of the molecule is Brc1nc(C2CCCNC2)no1. The molecule has 1 fully saturated rings. The molecule has 12 heavy (non-hydrogen) atoms. The van der Waals surface area contributed by atoms with Gasteiger partial charge in [0.1, 0.15) is 0 Å². The third-order valence-corrected chi connectivity index (χ3v) is 2.40. The maximum absolute atomic E-state index is 4.85. The van der Waals surface area contributed by atoms with Crippen LogP contribution in [0.2, 0.25) is 0 Å². The van der Waals surface area contributed by atoms with Gasteiger partial charge in [0.05, 0.1) is 0 Å². The van der Waals surface area contributed by atoms with E-state index in [0.717, 1.165) is 25.3 Å². The first-order valence-electron chi connectivity index (χ1n) is 4.06. The van der Waals surface area contributed by atoms with Gasteiger partial charge < -0.3 is 9.84 Å². The molecule has 2 heterocycles. The van der Waals surface area contributed by atoms with Crippen LogP contribution >= 0.6 is 15.9 Å². The molecular formula is C7H10BrN3O. The number of halogens is 1. The standard InChI is InChI=1S/C7H10BrN3O/c8-7-10-6(11-12-7)5-2-1-3-9-4-5/h5,9H,1-4H2. The summed E-state index contributed by atoms with van der Waals surface area (Å²) in [7, 11) is 0. The van der Waals surface area contributed by atoms with Crippen LogP contribution in [0.3, 0.4) is 0 Å². The van der Waals surface area contributed by atoms with Crippen molar-refractivity contribution in [3.05, 3.63) is 10.6 Å². The minimum absolute atomic E-state index is 0.425. The number of aromatic nitrogens is 2. The number of nitrogens with zero attached hydrogens (tertiary/aromatic N) is 2. The van der Waals surface area contributed by atoms with Gasteiger partial charge in [-0.15, -0.1) is 0 Å². The van der Waals surface area contributed by atoms with E-state index in [9.17, 15) is 0 Å². The molecule has 1 aliphatic rings. The molecule has 0 bridgehead atoms. The number of piperidine rings is 1. The van der Waals surface area contributed by atoms with Crippen LogP contribution in [0.1, 0.15) is 24.6 Å². The van der Waals surface area contributed by atoms with E-state index in [0.29, 0.717) is 10.7 Å². The van der Waals surface area contributed by atoms with E-state index in [2.05, 4.69) is 31.4 Å². The Labute approximate surface area is 78.9 Å². The predicted octanol–water partition coefficient (Wildman–Crippen LogP) is 1.30. The molecule has 1 aliphatic heterocycles. The Hall–Kier alpha value is -0.420. The average molecular weight is 232 g/mol. The molecule has 0 radical (unpaired) electrons. The Balaban J connectivity index is 2.08. The van der Waals surface area contributed by atoms with Gasteiger partial charge in [0.2, 0.25) is 0 Å². The van der Waals surface area contributed by atoms with Crippen LogP contribution in [0.5, 0.6) is 0 Å². The topological polar surface area (TPSA) is 51.0 Å². The van der Waals surface area contributed by atoms with Crippen molar-refractivity contribution < 1.29 is 4.52 Å². The van der Waals surface area contributed by atoms with Crippen molar-refractivity contribution in [2.45, 2.75) is 18.8 Å². The second-order valence-corrected chi connectivity index (χ2v) is 3.63. The average Bonchev–Trinajstić information content (AvgIpc) is 2.54. The van der Waals surface area contributed by atoms with Crippen LogP contribution < -0.4 is 5.32 Å². The minimum atomic E-state index is 0.425. The van der Waals surface area contributed by atoms with Crippen LogP contribution in [0.25, 0.3) is 0 Å². The molecule has 5 heteroatoms. The van der Waals surface area contributed by atoms with E-state index in [1.807, 2.05) is 0 Å². The molecule has 1 unspecified atom stereocenters. The van der Waals surface area contributed by atoms with Crippen molar-refractivity contribution in [3.8, 4) is 0 Å². The Kier molecular flexibility index (Phi) is 2.41. The first-order valence-corrected chi connectivity index (χ1v) is 4.85. The van der Waals surface area contributed by atoms with Crippen LogP contribution in [0.15, 0.2) is 9.32 Å². The van der Waals surface area contributed by atoms with Crippen molar-refractivity contribution in [2.75, 3.05) is 13.1 Å². The fourth-order valence-corrected chi connectivity index (χ4v) is 1.71. The van der Waals surface area contributed by atoms with Gasteiger partial charge >= 0.3 is 0 Å². The lowest BCUT2D eigenvalue weighted by Crippen LogP contribution is -2.28. The van der Waals surface area contributed by atoms with Crippen LogP contribution in [0, 0.1) is 0 Å². The zero-order valence-corrected chi connectivity index (χ0v) is 8.17. The maximum atomic E-state index is 4.85. The highest BCUT2D eigenvalue weighted by Crippen LogP contribution is 2.21. The van der Waals surface area contributed by atoms with Crippen molar-refractivity contribution >= 4 is 15.9 Å². The lowest BCUT2D eigenvalue weighted by atomic mass is 9.99. The number of rotatable bonds is 1. The lowest BCUT2D eigenvalue weighted by molar-refractivity contribution is 0.373. The normalized spacial score (nSPS) is 24.2. The molecule has 0 spiro atoms. The second kappa shape index (κ2) is 3.53. The molecule has 0 amide bonds. The monoisotopic (exact) mass is 231 g/mol. The fraction of sp³-hybridized carbons (Fsp3) is 0.714. The summed E-state index contributed by atoms with van der Waals surface area (Å²) in [6.07, 6.45) is 2.34. The van der Waals surface area contributed by atoms with Crippen molar-refractivity contribution in [3.63, 3.8) is 0 Å². The molecule has 66 valence electrons. The molecule has 0 aliphatic carbocycles. The first kappa shape index (κ1) is 8.19.